The summed E-state index contributed by atoms with van der Waals surface area (Å²) in [6.07, 6.45) is 0. The van der Waals surface area contributed by atoms with Crippen LogP contribution in [0.25, 0.3) is 10.9 Å². The highest BCUT2D eigenvalue weighted by Crippen LogP contribution is 2.20. The number of amides is 2. The van der Waals surface area contributed by atoms with Crippen LogP contribution >= 0.6 is 11.6 Å². The second-order valence-electron chi connectivity index (χ2n) is 5.38. The Balaban J connectivity index is 1.79. The first kappa shape index (κ1) is 16.7. The summed E-state index contributed by atoms with van der Waals surface area (Å²) in [4.78, 5) is 28.7. The Hall–Kier alpha value is -3.12. The number of hydrogen-bond acceptors (Lipinski definition) is 4. The minimum absolute atomic E-state index is 0.0583. The van der Waals surface area contributed by atoms with Gasteiger partial charge in [0.2, 0.25) is 0 Å². The van der Waals surface area contributed by atoms with Crippen molar-refractivity contribution >= 4 is 34.3 Å². The molecule has 0 aliphatic heterocycles. The van der Waals surface area contributed by atoms with Crippen LogP contribution in [0.4, 0.5) is 0 Å². The van der Waals surface area contributed by atoms with Crippen LogP contribution in [0.15, 0.2) is 48.5 Å². The minimum atomic E-state index is -0.624. The Morgan fingerprint density at radius 3 is 2.40 bits per heavy atom. The van der Waals surface area contributed by atoms with Gasteiger partial charge in [0.1, 0.15) is 5.75 Å². The average molecular weight is 356 g/mol. The van der Waals surface area contributed by atoms with Gasteiger partial charge >= 0.3 is 0 Å². The van der Waals surface area contributed by atoms with Crippen LogP contribution in [-0.4, -0.2) is 21.9 Å². The van der Waals surface area contributed by atoms with Crippen LogP contribution in [0, 0.1) is 6.92 Å². The molecule has 6 nitrogen and oxygen atoms in total. The number of nitrogens with zero attached hydrogens (tertiary/aromatic N) is 1. The number of carbonyl (C=O) groups excluding carboxylic acids is 2. The third-order valence-corrected chi connectivity index (χ3v) is 3.89. The summed E-state index contributed by atoms with van der Waals surface area (Å²) >= 11 is 5.97. The van der Waals surface area contributed by atoms with Gasteiger partial charge in [-0.3, -0.25) is 25.4 Å². The van der Waals surface area contributed by atoms with Gasteiger partial charge in [-0.2, -0.15) is 0 Å². The Morgan fingerprint density at radius 2 is 1.68 bits per heavy atom. The maximum absolute atomic E-state index is 12.4. The largest absolute Gasteiger partial charge is 0.507 e. The highest BCUT2D eigenvalue weighted by Gasteiger charge is 2.15. The van der Waals surface area contributed by atoms with E-state index in [0.717, 1.165) is 10.9 Å². The number of halogens is 1. The topological polar surface area (TPSA) is 91.3 Å². The van der Waals surface area contributed by atoms with E-state index in [1.807, 2.05) is 0 Å². The number of rotatable bonds is 2. The van der Waals surface area contributed by atoms with Crippen molar-refractivity contribution in [3.8, 4) is 5.75 Å². The fourth-order valence-corrected chi connectivity index (χ4v) is 2.57. The van der Waals surface area contributed by atoms with Crippen molar-refractivity contribution < 1.29 is 14.7 Å². The summed E-state index contributed by atoms with van der Waals surface area (Å²) in [5, 5.41) is 10.9. The lowest BCUT2D eigenvalue weighted by atomic mass is 10.1. The molecular weight excluding hydrogens is 342 g/mol. The van der Waals surface area contributed by atoms with Gasteiger partial charge in [-0.15, -0.1) is 0 Å². The van der Waals surface area contributed by atoms with Crippen LogP contribution in [0.2, 0.25) is 5.02 Å². The molecule has 25 heavy (non-hydrogen) atoms. The van der Waals surface area contributed by atoms with Gasteiger partial charge in [0.05, 0.1) is 22.3 Å². The second-order valence-corrected chi connectivity index (χ2v) is 5.82. The molecule has 0 unspecified atom stereocenters. The van der Waals surface area contributed by atoms with E-state index >= 15 is 0 Å². The van der Waals surface area contributed by atoms with E-state index in [1.165, 1.54) is 12.1 Å². The van der Waals surface area contributed by atoms with Crippen LogP contribution in [0.1, 0.15) is 26.4 Å². The number of nitrogens with one attached hydrogen (secondary N) is 2. The quantitative estimate of drug-likeness (QED) is 0.616. The van der Waals surface area contributed by atoms with Crippen molar-refractivity contribution in [2.75, 3.05) is 0 Å². The number of para-hydroxylation sites is 1. The fourth-order valence-electron chi connectivity index (χ4n) is 2.39. The molecule has 1 aromatic heterocycles. The summed E-state index contributed by atoms with van der Waals surface area (Å²) < 4.78 is 0. The Morgan fingerprint density at radius 1 is 1.00 bits per heavy atom. The summed E-state index contributed by atoms with van der Waals surface area (Å²) in [5.41, 5.74) is 6.20. The van der Waals surface area contributed by atoms with E-state index in [4.69, 9.17) is 11.6 Å². The third kappa shape index (κ3) is 3.54. The van der Waals surface area contributed by atoms with Gasteiger partial charge in [0.25, 0.3) is 11.8 Å². The zero-order valence-electron chi connectivity index (χ0n) is 13.2. The lowest BCUT2D eigenvalue weighted by Gasteiger charge is -2.10. The maximum atomic E-state index is 12.4. The molecule has 3 N–H and O–H groups in total. The van der Waals surface area contributed by atoms with Crippen molar-refractivity contribution in [3.05, 3.63) is 70.4 Å². The molecule has 0 atom stereocenters. The highest BCUT2D eigenvalue weighted by atomic mass is 35.5. The first-order chi connectivity index (χ1) is 12.0. The van der Waals surface area contributed by atoms with E-state index < -0.39 is 11.8 Å². The normalized spacial score (nSPS) is 10.5. The van der Waals surface area contributed by atoms with Crippen molar-refractivity contribution in [2.45, 2.75) is 6.92 Å². The van der Waals surface area contributed by atoms with Gasteiger partial charge in [-0.25, -0.2) is 0 Å². The zero-order chi connectivity index (χ0) is 18.0. The standard InChI is InChI=1S/C18H14ClN3O3/c1-10-14(9-11-8-12(19)6-7-15(11)20-10)18(25)22-21-17(24)13-4-2-3-5-16(13)23/h2-9,23H,1H3,(H,21,24)(H,22,25). The van der Waals surface area contributed by atoms with Crippen LogP contribution < -0.4 is 10.9 Å². The molecule has 2 amide bonds. The van der Waals surface area contributed by atoms with E-state index in [2.05, 4.69) is 15.8 Å². The molecule has 1 heterocycles. The molecule has 3 aromatic rings. The number of phenols is 1. The molecule has 126 valence electrons. The Kier molecular flexibility index (Phi) is 4.54. The molecule has 0 bridgehead atoms. The summed E-state index contributed by atoms with van der Waals surface area (Å²) in [6.45, 7) is 1.70. The lowest BCUT2D eigenvalue weighted by Crippen LogP contribution is -2.42. The first-order valence-corrected chi connectivity index (χ1v) is 7.79. The molecule has 7 heteroatoms. The van der Waals surface area contributed by atoms with Crippen LogP contribution in [-0.2, 0) is 0 Å². The molecule has 0 spiro atoms. The van der Waals surface area contributed by atoms with E-state index in [1.54, 1.807) is 43.3 Å². The lowest BCUT2D eigenvalue weighted by molar-refractivity contribution is 0.0844. The molecule has 0 saturated carbocycles. The number of carbonyl (C=O) groups is 2. The van der Waals surface area contributed by atoms with Crippen molar-refractivity contribution in [2.24, 2.45) is 0 Å². The number of hydrazine groups is 1. The van der Waals surface area contributed by atoms with Crippen molar-refractivity contribution in [1.29, 1.82) is 0 Å². The zero-order valence-corrected chi connectivity index (χ0v) is 14.0. The number of aromatic hydroxyl groups is 1. The van der Waals surface area contributed by atoms with Crippen LogP contribution in [0.5, 0.6) is 5.75 Å². The monoisotopic (exact) mass is 355 g/mol. The Labute approximate surface area is 148 Å². The predicted octanol–water partition coefficient (Wildman–Crippen LogP) is 2.98. The number of benzene rings is 2. The molecule has 2 aromatic carbocycles. The summed E-state index contributed by atoms with van der Waals surface area (Å²) in [5.74, 6) is -1.32. The molecular formula is C18H14ClN3O3. The van der Waals surface area contributed by atoms with Crippen LogP contribution in [0.3, 0.4) is 0 Å². The van der Waals surface area contributed by atoms with E-state index in [9.17, 15) is 14.7 Å². The van der Waals surface area contributed by atoms with Gasteiger partial charge in [-0.1, -0.05) is 23.7 Å². The number of aromatic nitrogens is 1. The second kappa shape index (κ2) is 6.78. The first-order valence-electron chi connectivity index (χ1n) is 7.41. The summed E-state index contributed by atoms with van der Waals surface area (Å²) in [6, 6.07) is 12.9. The number of fused-ring (bicyclic) bond motifs is 1. The molecule has 0 aliphatic carbocycles. The molecule has 0 saturated heterocycles. The van der Waals surface area contributed by atoms with Crippen molar-refractivity contribution in [1.82, 2.24) is 15.8 Å². The number of hydrogen-bond donors (Lipinski definition) is 3. The average Bonchev–Trinajstić information content (AvgIpc) is 2.59. The smallest absolute Gasteiger partial charge is 0.273 e. The maximum Gasteiger partial charge on any atom is 0.273 e. The van der Waals surface area contributed by atoms with Crippen molar-refractivity contribution in [3.63, 3.8) is 0 Å². The van der Waals surface area contributed by atoms with E-state index in [-0.39, 0.29) is 11.3 Å². The number of aryl methyl sites for hydroxylation is 1. The molecule has 0 radical (unpaired) electrons. The summed E-state index contributed by atoms with van der Waals surface area (Å²) in [7, 11) is 0. The fraction of sp³-hybridized carbons (Fsp3) is 0.0556. The molecule has 3 rings (SSSR count). The van der Waals surface area contributed by atoms with Gasteiger partial charge in [-0.05, 0) is 43.3 Å². The van der Waals surface area contributed by atoms with Gasteiger partial charge < -0.3 is 5.11 Å². The minimum Gasteiger partial charge on any atom is -0.507 e. The predicted molar refractivity (Wildman–Crippen MR) is 94.5 cm³/mol. The Bertz CT molecular complexity index is 988. The van der Waals surface area contributed by atoms with Gasteiger partial charge in [0.15, 0.2) is 0 Å². The van der Waals surface area contributed by atoms with E-state index in [0.29, 0.717) is 16.3 Å². The SMILES string of the molecule is Cc1nc2ccc(Cl)cc2cc1C(=O)NNC(=O)c1ccccc1O. The molecule has 0 aliphatic rings. The van der Waals surface area contributed by atoms with Gasteiger partial charge in [0, 0.05) is 10.4 Å². The highest BCUT2D eigenvalue weighted by molar-refractivity contribution is 6.31. The third-order valence-electron chi connectivity index (χ3n) is 3.65. The molecule has 0 fully saturated rings. The number of phenolic OH excluding ortho intramolecular Hbond substituents is 1. The number of pyridine rings is 1.